The van der Waals surface area contributed by atoms with E-state index < -0.39 is 24.5 Å². The topological polar surface area (TPSA) is 74.2 Å². The third-order valence-electron chi connectivity index (χ3n) is 3.57. The summed E-state index contributed by atoms with van der Waals surface area (Å²) in [5, 5.41) is 9.86. The Bertz CT molecular complexity index is 463. The monoisotopic (exact) mass is 310 g/mol. The normalized spacial score (nSPS) is 28.3. The molecule has 22 heavy (non-hydrogen) atoms. The van der Waals surface area contributed by atoms with Gasteiger partial charge in [0, 0.05) is 20.5 Å². The molecule has 1 aromatic carbocycles. The maximum atomic E-state index is 11.0. The highest BCUT2D eigenvalue weighted by Gasteiger charge is 2.38. The first-order valence-electron chi connectivity index (χ1n) is 7.25. The summed E-state index contributed by atoms with van der Waals surface area (Å²) in [5.41, 5.74) is 1.04. The Balaban J connectivity index is 1.96. The average Bonchev–Trinajstić information content (AvgIpc) is 2.52. The molecule has 6 nitrogen and oxygen atoms in total. The number of aliphatic hydroxyl groups is 1. The van der Waals surface area contributed by atoms with Crippen molar-refractivity contribution in [3.05, 3.63) is 35.9 Å². The van der Waals surface area contributed by atoms with E-state index in [-0.39, 0.29) is 12.7 Å². The Hall–Kier alpha value is -1.47. The third-order valence-corrected chi connectivity index (χ3v) is 3.57. The van der Waals surface area contributed by atoms with Gasteiger partial charge in [-0.25, -0.2) is 0 Å². The molecular weight excluding hydrogens is 288 g/mol. The molecule has 0 bridgehead atoms. The Morgan fingerprint density at radius 3 is 2.68 bits per heavy atom. The van der Waals surface area contributed by atoms with E-state index in [0.29, 0.717) is 13.0 Å². The molecule has 0 saturated carbocycles. The molecule has 0 radical (unpaired) electrons. The zero-order chi connectivity index (χ0) is 15.9. The molecular formula is C16H22O6. The van der Waals surface area contributed by atoms with Gasteiger partial charge in [-0.15, -0.1) is 0 Å². The fraction of sp³-hybridized carbons (Fsp3) is 0.562. The molecule has 1 N–H and O–H groups in total. The number of hydrogen-bond acceptors (Lipinski definition) is 6. The minimum Gasteiger partial charge on any atom is -0.463 e. The van der Waals surface area contributed by atoms with Crippen LogP contribution >= 0.6 is 0 Å². The van der Waals surface area contributed by atoms with Gasteiger partial charge in [0.2, 0.25) is 0 Å². The molecule has 1 aliphatic rings. The van der Waals surface area contributed by atoms with Gasteiger partial charge in [0.25, 0.3) is 0 Å². The largest absolute Gasteiger partial charge is 0.463 e. The summed E-state index contributed by atoms with van der Waals surface area (Å²) in [7, 11) is 1.51. The first-order valence-corrected chi connectivity index (χ1v) is 7.25. The molecule has 0 aliphatic carbocycles. The minimum atomic E-state index is -1.05. The minimum absolute atomic E-state index is 0.0439. The Morgan fingerprint density at radius 2 is 2.05 bits per heavy atom. The molecule has 0 amide bonds. The molecule has 4 atom stereocenters. The van der Waals surface area contributed by atoms with Gasteiger partial charge in [-0.2, -0.15) is 0 Å². The number of esters is 1. The summed E-state index contributed by atoms with van der Waals surface area (Å²) >= 11 is 0. The zero-order valence-electron chi connectivity index (χ0n) is 12.8. The molecule has 1 saturated heterocycles. The van der Waals surface area contributed by atoms with E-state index in [4.69, 9.17) is 18.9 Å². The molecule has 1 aromatic rings. The smallest absolute Gasteiger partial charge is 0.302 e. The molecule has 2 rings (SSSR count). The number of ether oxygens (including phenoxy) is 4. The zero-order valence-corrected chi connectivity index (χ0v) is 12.8. The number of aliphatic hydroxyl groups excluding tert-OH is 1. The summed E-state index contributed by atoms with van der Waals surface area (Å²) in [6, 6.07) is 9.75. The van der Waals surface area contributed by atoms with E-state index in [1.165, 1.54) is 14.0 Å². The fourth-order valence-corrected chi connectivity index (χ4v) is 2.36. The molecule has 1 aliphatic heterocycles. The highest BCUT2D eigenvalue weighted by Crippen LogP contribution is 2.24. The molecule has 1 heterocycles. The van der Waals surface area contributed by atoms with Crippen molar-refractivity contribution in [1.82, 2.24) is 0 Å². The molecule has 6 heteroatoms. The van der Waals surface area contributed by atoms with Gasteiger partial charge in [-0.3, -0.25) is 4.79 Å². The first kappa shape index (κ1) is 16.9. The van der Waals surface area contributed by atoms with Crippen molar-refractivity contribution in [2.24, 2.45) is 0 Å². The highest BCUT2D eigenvalue weighted by atomic mass is 16.7. The van der Waals surface area contributed by atoms with Crippen molar-refractivity contribution in [3.8, 4) is 0 Å². The van der Waals surface area contributed by atoms with Crippen LogP contribution in [0.2, 0.25) is 0 Å². The Kier molecular flexibility index (Phi) is 6.33. The lowest BCUT2D eigenvalue weighted by atomic mass is 10.0. The number of rotatable bonds is 6. The maximum Gasteiger partial charge on any atom is 0.302 e. The lowest BCUT2D eigenvalue weighted by molar-refractivity contribution is -0.266. The molecule has 0 aromatic heterocycles. The van der Waals surface area contributed by atoms with Crippen LogP contribution in [0.4, 0.5) is 0 Å². The molecule has 0 spiro atoms. The van der Waals surface area contributed by atoms with E-state index in [0.717, 1.165) is 5.56 Å². The number of benzene rings is 1. The second-order valence-electron chi connectivity index (χ2n) is 5.21. The second-order valence-corrected chi connectivity index (χ2v) is 5.21. The van der Waals surface area contributed by atoms with Crippen molar-refractivity contribution >= 4 is 5.97 Å². The van der Waals surface area contributed by atoms with Crippen LogP contribution in [0.15, 0.2) is 30.3 Å². The van der Waals surface area contributed by atoms with Gasteiger partial charge < -0.3 is 24.1 Å². The van der Waals surface area contributed by atoms with E-state index in [9.17, 15) is 9.90 Å². The second kappa shape index (κ2) is 8.24. The standard InChI is InChI=1S/C16H22O6/c1-11(17)20-10-15-13(8-14(19-2)16(18)22-15)21-9-12-6-4-3-5-7-12/h3-7,13-16,18H,8-10H2,1-2H3/t13-,14+,15+,16?/m0/s1. The van der Waals surface area contributed by atoms with Gasteiger partial charge in [-0.05, 0) is 5.56 Å². The lowest BCUT2D eigenvalue weighted by Crippen LogP contribution is -2.50. The molecule has 122 valence electrons. The van der Waals surface area contributed by atoms with Crippen LogP contribution in [0.3, 0.4) is 0 Å². The number of hydrogen-bond donors (Lipinski definition) is 1. The number of carbonyl (C=O) groups excluding carboxylic acids is 1. The summed E-state index contributed by atoms with van der Waals surface area (Å²) in [6.07, 6.45) is -1.89. The SMILES string of the molecule is CO[C@@H]1C[C@H](OCc2ccccc2)[C@@H](COC(C)=O)OC1O. The molecule has 1 fully saturated rings. The summed E-state index contributed by atoms with van der Waals surface area (Å²) in [5.74, 6) is -0.395. The Morgan fingerprint density at radius 1 is 1.32 bits per heavy atom. The summed E-state index contributed by atoms with van der Waals surface area (Å²) in [4.78, 5) is 11.0. The van der Waals surface area contributed by atoms with Crippen LogP contribution in [0.5, 0.6) is 0 Å². The van der Waals surface area contributed by atoms with Gasteiger partial charge in [-0.1, -0.05) is 30.3 Å². The summed E-state index contributed by atoms with van der Waals surface area (Å²) < 4.78 is 21.5. The van der Waals surface area contributed by atoms with Crippen LogP contribution in [0.1, 0.15) is 18.9 Å². The van der Waals surface area contributed by atoms with Crippen LogP contribution in [0.25, 0.3) is 0 Å². The van der Waals surface area contributed by atoms with Crippen molar-refractivity contribution in [2.45, 2.75) is 44.6 Å². The maximum absolute atomic E-state index is 11.0. The van der Waals surface area contributed by atoms with E-state index in [1.54, 1.807) is 0 Å². The predicted molar refractivity (Wildman–Crippen MR) is 77.9 cm³/mol. The fourth-order valence-electron chi connectivity index (χ4n) is 2.36. The van der Waals surface area contributed by atoms with Crippen LogP contribution in [-0.4, -0.2) is 49.4 Å². The van der Waals surface area contributed by atoms with E-state index >= 15 is 0 Å². The highest BCUT2D eigenvalue weighted by molar-refractivity contribution is 5.65. The lowest BCUT2D eigenvalue weighted by Gasteiger charge is -2.38. The van der Waals surface area contributed by atoms with Crippen LogP contribution in [-0.2, 0) is 30.3 Å². The average molecular weight is 310 g/mol. The van der Waals surface area contributed by atoms with Crippen LogP contribution in [0, 0.1) is 0 Å². The van der Waals surface area contributed by atoms with Crippen LogP contribution < -0.4 is 0 Å². The number of methoxy groups -OCH3 is 1. The van der Waals surface area contributed by atoms with Gasteiger partial charge in [0.05, 0.1) is 12.7 Å². The van der Waals surface area contributed by atoms with E-state index in [2.05, 4.69) is 0 Å². The van der Waals surface area contributed by atoms with Crippen molar-refractivity contribution in [1.29, 1.82) is 0 Å². The van der Waals surface area contributed by atoms with Gasteiger partial charge in [0.15, 0.2) is 6.29 Å². The molecule has 1 unspecified atom stereocenters. The Labute approximate surface area is 129 Å². The van der Waals surface area contributed by atoms with Crippen molar-refractivity contribution in [2.75, 3.05) is 13.7 Å². The van der Waals surface area contributed by atoms with E-state index in [1.807, 2.05) is 30.3 Å². The number of carbonyl (C=O) groups is 1. The third kappa shape index (κ3) is 4.78. The van der Waals surface area contributed by atoms with Gasteiger partial charge in [0.1, 0.15) is 18.8 Å². The van der Waals surface area contributed by atoms with Crippen molar-refractivity contribution < 1.29 is 28.8 Å². The van der Waals surface area contributed by atoms with Crippen molar-refractivity contribution in [3.63, 3.8) is 0 Å². The predicted octanol–water partition coefficient (Wildman–Crippen LogP) is 1.26. The van der Waals surface area contributed by atoms with Gasteiger partial charge >= 0.3 is 5.97 Å². The quantitative estimate of drug-likeness (QED) is 0.797. The first-order chi connectivity index (χ1) is 10.6. The summed E-state index contributed by atoms with van der Waals surface area (Å²) in [6.45, 7) is 1.79.